The number of hydrogen-bond donors (Lipinski definition) is 3. The van der Waals surface area contributed by atoms with E-state index in [0.29, 0.717) is 0 Å². The predicted molar refractivity (Wildman–Crippen MR) is 127 cm³/mol. The molecule has 0 aliphatic heterocycles. The number of aromatic nitrogens is 1. The number of fused-ring (bicyclic) bond motifs is 3. The largest absolute Gasteiger partial charge is 0.480 e. The molecule has 182 valence electrons. The molecule has 0 saturated heterocycles. The Bertz CT molecular complexity index is 1210. The molecule has 1 aliphatic carbocycles. The summed E-state index contributed by atoms with van der Waals surface area (Å²) in [4.78, 5) is 36.2. The van der Waals surface area contributed by atoms with Gasteiger partial charge in [-0.3, -0.25) is 4.79 Å². The molecule has 1 aliphatic rings. The Kier molecular flexibility index (Phi) is 6.59. The first kappa shape index (κ1) is 24.0. The van der Waals surface area contributed by atoms with E-state index in [1.807, 2.05) is 36.4 Å². The number of nitrogens with zero attached hydrogens (tertiary/aromatic N) is 1. The monoisotopic (exact) mass is 477 g/mol. The summed E-state index contributed by atoms with van der Waals surface area (Å²) in [6.45, 7) is 5.25. The number of aliphatic carboxylic acids is 1. The van der Waals surface area contributed by atoms with Crippen LogP contribution in [0.4, 0.5) is 4.79 Å². The van der Waals surface area contributed by atoms with Gasteiger partial charge in [-0.2, -0.15) is 0 Å². The van der Waals surface area contributed by atoms with Crippen LogP contribution in [-0.2, 0) is 16.1 Å². The zero-order valence-electron chi connectivity index (χ0n) is 19.7. The number of benzene rings is 2. The standard InChI is InChI=1S/C26H27N3O6/c1-26(2,3)22(24(31)32)28-23(30)21-12-15(35-29-21)13-27-25(33)34-14-20-18-10-6-4-8-16(18)17-9-5-7-11-19(17)20/h4-12,20,22H,13-14H2,1-3H3,(H,27,33)(H,28,30)(H,31,32)/t22-/m0/s1. The van der Waals surface area contributed by atoms with E-state index in [4.69, 9.17) is 9.26 Å². The first-order chi connectivity index (χ1) is 16.6. The number of carboxylic acid groups (broad SMARTS) is 1. The molecule has 1 aromatic heterocycles. The summed E-state index contributed by atoms with van der Waals surface area (Å²) < 4.78 is 10.6. The van der Waals surface area contributed by atoms with Crippen molar-refractivity contribution in [1.82, 2.24) is 15.8 Å². The van der Waals surface area contributed by atoms with Gasteiger partial charge in [0.15, 0.2) is 11.5 Å². The van der Waals surface area contributed by atoms with E-state index in [9.17, 15) is 19.5 Å². The minimum atomic E-state index is -1.15. The van der Waals surface area contributed by atoms with Crippen LogP contribution < -0.4 is 10.6 Å². The minimum absolute atomic E-state index is 0.0431. The Hall–Kier alpha value is -4.14. The Balaban J connectivity index is 1.32. The van der Waals surface area contributed by atoms with E-state index in [1.165, 1.54) is 6.07 Å². The smallest absolute Gasteiger partial charge is 0.407 e. The number of carbonyl (C=O) groups is 3. The minimum Gasteiger partial charge on any atom is -0.480 e. The van der Waals surface area contributed by atoms with Crippen molar-refractivity contribution in [3.63, 3.8) is 0 Å². The summed E-state index contributed by atoms with van der Waals surface area (Å²) in [5.74, 6) is -1.65. The van der Waals surface area contributed by atoms with Gasteiger partial charge in [-0.05, 0) is 27.7 Å². The molecule has 2 aromatic carbocycles. The highest BCUT2D eigenvalue weighted by atomic mass is 16.5. The fourth-order valence-electron chi connectivity index (χ4n) is 4.17. The average Bonchev–Trinajstić information content (AvgIpc) is 3.42. The van der Waals surface area contributed by atoms with Crippen LogP contribution in [0, 0.1) is 5.41 Å². The molecule has 0 unspecified atom stereocenters. The van der Waals surface area contributed by atoms with E-state index >= 15 is 0 Å². The van der Waals surface area contributed by atoms with Gasteiger partial charge in [0.05, 0.1) is 6.54 Å². The first-order valence-electron chi connectivity index (χ1n) is 11.2. The van der Waals surface area contributed by atoms with Gasteiger partial charge < -0.3 is 25.0 Å². The Morgan fingerprint density at radius 1 is 1.06 bits per heavy atom. The second-order valence-electron chi connectivity index (χ2n) is 9.47. The van der Waals surface area contributed by atoms with Crippen molar-refractivity contribution >= 4 is 18.0 Å². The van der Waals surface area contributed by atoms with Crippen molar-refractivity contribution in [1.29, 1.82) is 0 Å². The lowest BCUT2D eigenvalue weighted by Gasteiger charge is -2.27. The number of ether oxygens (including phenoxy) is 1. The lowest BCUT2D eigenvalue weighted by molar-refractivity contribution is -0.142. The molecule has 9 nitrogen and oxygen atoms in total. The van der Waals surface area contributed by atoms with E-state index in [0.717, 1.165) is 22.3 Å². The molecule has 0 radical (unpaired) electrons. The number of alkyl carbamates (subject to hydrolysis) is 1. The van der Waals surface area contributed by atoms with Gasteiger partial charge in [-0.15, -0.1) is 0 Å². The highest BCUT2D eigenvalue weighted by Crippen LogP contribution is 2.44. The topological polar surface area (TPSA) is 131 Å². The molecule has 0 bridgehead atoms. The predicted octanol–water partition coefficient (Wildman–Crippen LogP) is 3.94. The van der Waals surface area contributed by atoms with Crippen molar-refractivity contribution in [3.05, 3.63) is 77.2 Å². The third-order valence-corrected chi connectivity index (χ3v) is 5.93. The van der Waals surface area contributed by atoms with Gasteiger partial charge in [-0.1, -0.05) is 74.5 Å². The maximum Gasteiger partial charge on any atom is 0.407 e. The normalized spacial score (nSPS) is 13.5. The fraction of sp³-hybridized carbons (Fsp3) is 0.308. The second kappa shape index (κ2) is 9.61. The summed E-state index contributed by atoms with van der Waals surface area (Å²) in [7, 11) is 0. The quantitative estimate of drug-likeness (QED) is 0.470. The van der Waals surface area contributed by atoms with Gasteiger partial charge in [0.2, 0.25) is 0 Å². The number of nitrogens with one attached hydrogen (secondary N) is 2. The molecular weight excluding hydrogens is 450 g/mol. The zero-order valence-corrected chi connectivity index (χ0v) is 19.7. The first-order valence-corrected chi connectivity index (χ1v) is 11.2. The van der Waals surface area contributed by atoms with Crippen LogP contribution in [0.5, 0.6) is 0 Å². The lowest BCUT2D eigenvalue weighted by Crippen LogP contribution is -2.49. The third kappa shape index (κ3) is 5.18. The molecule has 0 fully saturated rings. The molecule has 1 heterocycles. The molecule has 1 atom stereocenters. The Morgan fingerprint density at radius 2 is 1.66 bits per heavy atom. The second-order valence-corrected chi connectivity index (χ2v) is 9.47. The molecule has 2 amide bonds. The Labute approximate surface area is 202 Å². The zero-order chi connectivity index (χ0) is 25.2. The van der Waals surface area contributed by atoms with Crippen molar-refractivity contribution in [2.45, 2.75) is 39.3 Å². The van der Waals surface area contributed by atoms with Gasteiger partial charge >= 0.3 is 12.1 Å². The molecule has 0 spiro atoms. The number of amides is 2. The van der Waals surface area contributed by atoms with Crippen LogP contribution >= 0.6 is 0 Å². The number of carboxylic acids is 1. The SMILES string of the molecule is CC(C)(C)[C@@H](NC(=O)c1cc(CNC(=O)OCC2c3ccccc3-c3ccccc32)on1)C(=O)O. The van der Waals surface area contributed by atoms with Crippen LogP contribution in [-0.4, -0.2) is 40.9 Å². The maximum absolute atomic E-state index is 12.4. The molecule has 35 heavy (non-hydrogen) atoms. The van der Waals surface area contributed by atoms with Gasteiger partial charge in [-0.25, -0.2) is 9.59 Å². The van der Waals surface area contributed by atoms with Crippen molar-refractivity contribution in [2.75, 3.05) is 6.61 Å². The van der Waals surface area contributed by atoms with E-state index in [-0.39, 0.29) is 30.5 Å². The van der Waals surface area contributed by atoms with Gasteiger partial charge in [0.1, 0.15) is 12.6 Å². The lowest BCUT2D eigenvalue weighted by atomic mass is 9.86. The average molecular weight is 478 g/mol. The van der Waals surface area contributed by atoms with Crippen LogP contribution in [0.1, 0.15) is 54.1 Å². The summed E-state index contributed by atoms with van der Waals surface area (Å²) in [5, 5.41) is 18.1. The number of hydrogen-bond acceptors (Lipinski definition) is 6. The molecule has 3 N–H and O–H groups in total. The molecule has 0 saturated carbocycles. The van der Waals surface area contributed by atoms with Crippen molar-refractivity contribution in [2.24, 2.45) is 5.41 Å². The van der Waals surface area contributed by atoms with Crippen LogP contribution in [0.25, 0.3) is 11.1 Å². The van der Waals surface area contributed by atoms with E-state index in [2.05, 4.69) is 27.9 Å². The summed E-state index contributed by atoms with van der Waals surface area (Å²) in [5.41, 5.74) is 3.73. The summed E-state index contributed by atoms with van der Waals surface area (Å²) >= 11 is 0. The maximum atomic E-state index is 12.4. The highest BCUT2D eigenvalue weighted by molar-refractivity contribution is 5.95. The molecule has 3 aromatic rings. The number of rotatable bonds is 7. The van der Waals surface area contributed by atoms with Gasteiger partial charge in [0.25, 0.3) is 5.91 Å². The van der Waals surface area contributed by atoms with Crippen LogP contribution in [0.15, 0.2) is 59.1 Å². The third-order valence-electron chi connectivity index (χ3n) is 5.93. The van der Waals surface area contributed by atoms with Gasteiger partial charge in [0, 0.05) is 12.0 Å². The Morgan fingerprint density at radius 3 is 2.23 bits per heavy atom. The molecule has 4 rings (SSSR count). The number of carbonyl (C=O) groups excluding carboxylic acids is 2. The highest BCUT2D eigenvalue weighted by Gasteiger charge is 2.33. The van der Waals surface area contributed by atoms with E-state index < -0.39 is 29.4 Å². The summed E-state index contributed by atoms with van der Waals surface area (Å²) in [6.07, 6.45) is -0.632. The molecular formula is C26H27N3O6. The summed E-state index contributed by atoms with van der Waals surface area (Å²) in [6, 6.07) is 16.4. The molecule has 9 heteroatoms. The van der Waals surface area contributed by atoms with E-state index in [1.54, 1.807) is 20.8 Å². The van der Waals surface area contributed by atoms with Crippen LogP contribution in [0.3, 0.4) is 0 Å². The fourth-order valence-corrected chi connectivity index (χ4v) is 4.17. The van der Waals surface area contributed by atoms with Crippen molar-refractivity contribution < 1.29 is 28.8 Å². The van der Waals surface area contributed by atoms with Crippen LogP contribution in [0.2, 0.25) is 0 Å². The van der Waals surface area contributed by atoms with Crippen molar-refractivity contribution in [3.8, 4) is 11.1 Å².